The summed E-state index contributed by atoms with van der Waals surface area (Å²) in [5.74, 6) is -0.500. The molecule has 26 heavy (non-hydrogen) atoms. The molecule has 2 aromatic rings. The number of benzene rings is 1. The minimum atomic E-state index is -1.04. The van der Waals surface area contributed by atoms with Crippen molar-refractivity contribution in [3.05, 3.63) is 57.9 Å². The topological polar surface area (TPSA) is 121 Å². The van der Waals surface area contributed by atoms with E-state index in [2.05, 4.69) is 15.6 Å². The molecule has 1 aromatic heterocycles. The van der Waals surface area contributed by atoms with Crippen molar-refractivity contribution in [2.24, 2.45) is 5.73 Å². The number of carbonyl (C=O) groups is 2. The van der Waals surface area contributed by atoms with Crippen LogP contribution in [-0.2, 0) is 0 Å². The van der Waals surface area contributed by atoms with Crippen molar-refractivity contribution in [1.29, 1.82) is 5.26 Å². The van der Waals surface area contributed by atoms with Crippen molar-refractivity contribution in [2.75, 3.05) is 12.0 Å². The zero-order valence-corrected chi connectivity index (χ0v) is 14.5. The standard InChI is InChI=1S/C17H15ClFN5O2/c1-9-4-10(7-20)8-22-15(9)16(25)23-11-2-3-13(18)12(5-11)14(6-19)24-17(21)26/h2-5,8,14H,6H2,1H3,(H,23,25)(H3,21,24,26)/t14-/m1/s1. The molecule has 0 radical (unpaired) electrons. The third-order valence-corrected chi connectivity index (χ3v) is 3.87. The highest BCUT2D eigenvalue weighted by Gasteiger charge is 2.18. The average Bonchev–Trinajstić information content (AvgIpc) is 2.61. The summed E-state index contributed by atoms with van der Waals surface area (Å²) >= 11 is 6.05. The van der Waals surface area contributed by atoms with Crippen LogP contribution >= 0.6 is 11.6 Å². The lowest BCUT2D eigenvalue weighted by atomic mass is 10.1. The molecule has 2 rings (SSSR count). The van der Waals surface area contributed by atoms with E-state index in [1.54, 1.807) is 13.0 Å². The Morgan fingerprint density at radius 3 is 2.73 bits per heavy atom. The van der Waals surface area contributed by atoms with Gasteiger partial charge in [0, 0.05) is 16.9 Å². The largest absolute Gasteiger partial charge is 0.352 e. The van der Waals surface area contributed by atoms with Crippen molar-refractivity contribution >= 4 is 29.2 Å². The quantitative estimate of drug-likeness (QED) is 0.743. The first-order chi connectivity index (χ1) is 12.3. The summed E-state index contributed by atoms with van der Waals surface area (Å²) in [6, 6.07) is 6.00. The second-order valence-corrected chi connectivity index (χ2v) is 5.81. The van der Waals surface area contributed by atoms with Crippen LogP contribution in [0.5, 0.6) is 0 Å². The highest BCUT2D eigenvalue weighted by molar-refractivity contribution is 6.31. The molecule has 1 atom stereocenters. The van der Waals surface area contributed by atoms with Gasteiger partial charge < -0.3 is 16.4 Å². The van der Waals surface area contributed by atoms with E-state index in [1.807, 2.05) is 6.07 Å². The van der Waals surface area contributed by atoms with Gasteiger partial charge in [-0.15, -0.1) is 0 Å². The van der Waals surface area contributed by atoms with E-state index in [9.17, 15) is 14.0 Å². The van der Waals surface area contributed by atoms with Crippen LogP contribution < -0.4 is 16.4 Å². The van der Waals surface area contributed by atoms with Gasteiger partial charge in [-0.05, 0) is 42.3 Å². The van der Waals surface area contributed by atoms with Crippen molar-refractivity contribution in [2.45, 2.75) is 13.0 Å². The summed E-state index contributed by atoms with van der Waals surface area (Å²) < 4.78 is 13.2. The Morgan fingerprint density at radius 2 is 2.15 bits per heavy atom. The average molecular weight is 376 g/mol. The van der Waals surface area contributed by atoms with E-state index >= 15 is 0 Å². The van der Waals surface area contributed by atoms with Crippen molar-refractivity contribution in [1.82, 2.24) is 10.3 Å². The summed E-state index contributed by atoms with van der Waals surface area (Å²) in [6.45, 7) is 0.738. The Labute approximate surface area is 154 Å². The van der Waals surface area contributed by atoms with E-state index in [0.29, 0.717) is 16.8 Å². The molecule has 0 aliphatic rings. The fraction of sp³-hybridized carbons (Fsp3) is 0.176. The number of rotatable bonds is 5. The summed E-state index contributed by atoms with van der Waals surface area (Å²) in [5.41, 5.74) is 6.67. The van der Waals surface area contributed by atoms with Crippen molar-refractivity contribution in [3.63, 3.8) is 0 Å². The van der Waals surface area contributed by atoms with Crippen LogP contribution in [0.25, 0.3) is 0 Å². The van der Waals surface area contributed by atoms with Gasteiger partial charge in [-0.1, -0.05) is 11.6 Å². The van der Waals surface area contributed by atoms with Gasteiger partial charge in [-0.25, -0.2) is 14.2 Å². The van der Waals surface area contributed by atoms with Gasteiger partial charge in [-0.3, -0.25) is 4.79 Å². The van der Waals surface area contributed by atoms with Crippen LogP contribution in [0.4, 0.5) is 14.9 Å². The number of hydrogen-bond donors (Lipinski definition) is 3. The van der Waals surface area contributed by atoms with Gasteiger partial charge >= 0.3 is 6.03 Å². The molecule has 0 unspecified atom stereocenters. The van der Waals surface area contributed by atoms with E-state index in [1.165, 1.54) is 24.4 Å². The van der Waals surface area contributed by atoms with Crippen LogP contribution in [-0.4, -0.2) is 23.6 Å². The molecule has 7 nitrogen and oxygen atoms in total. The number of aryl methyl sites for hydroxylation is 1. The number of primary amides is 1. The lowest BCUT2D eigenvalue weighted by Crippen LogP contribution is -2.34. The molecule has 0 aliphatic carbocycles. The van der Waals surface area contributed by atoms with Gasteiger partial charge in [0.2, 0.25) is 0 Å². The Morgan fingerprint density at radius 1 is 1.42 bits per heavy atom. The number of urea groups is 1. The zero-order chi connectivity index (χ0) is 19.3. The van der Waals surface area contributed by atoms with Crippen LogP contribution in [0.3, 0.4) is 0 Å². The number of hydrogen-bond acceptors (Lipinski definition) is 4. The van der Waals surface area contributed by atoms with Crippen molar-refractivity contribution < 1.29 is 14.0 Å². The number of anilines is 1. The number of amides is 3. The number of halogens is 2. The van der Waals surface area contributed by atoms with E-state index < -0.39 is 24.7 Å². The summed E-state index contributed by atoms with van der Waals surface area (Å²) in [6.07, 6.45) is 1.30. The van der Waals surface area contributed by atoms with Gasteiger partial charge in [-0.2, -0.15) is 5.26 Å². The van der Waals surface area contributed by atoms with Gasteiger partial charge in [0.15, 0.2) is 0 Å². The molecule has 134 valence electrons. The molecule has 0 saturated carbocycles. The molecule has 1 aromatic carbocycles. The minimum Gasteiger partial charge on any atom is -0.352 e. The minimum absolute atomic E-state index is 0.151. The smallest absolute Gasteiger partial charge is 0.312 e. The van der Waals surface area contributed by atoms with E-state index in [0.717, 1.165) is 0 Å². The fourth-order valence-electron chi connectivity index (χ4n) is 2.32. The molecular weight excluding hydrogens is 361 g/mol. The van der Waals surface area contributed by atoms with Gasteiger partial charge in [0.25, 0.3) is 5.91 Å². The maximum atomic E-state index is 13.2. The number of nitrogens with two attached hydrogens (primary N) is 1. The summed E-state index contributed by atoms with van der Waals surface area (Å²) in [4.78, 5) is 27.4. The second kappa shape index (κ2) is 8.27. The molecule has 0 spiro atoms. The second-order valence-electron chi connectivity index (χ2n) is 5.41. The first kappa shape index (κ1) is 19.1. The predicted octanol–water partition coefficient (Wildman–Crippen LogP) is 2.85. The number of carbonyl (C=O) groups excluding carboxylic acids is 2. The monoisotopic (exact) mass is 375 g/mol. The van der Waals surface area contributed by atoms with Crippen molar-refractivity contribution in [3.8, 4) is 6.07 Å². The van der Waals surface area contributed by atoms with E-state index in [-0.39, 0.29) is 16.3 Å². The van der Waals surface area contributed by atoms with Crippen LogP contribution in [0.15, 0.2) is 30.5 Å². The Kier molecular flexibility index (Phi) is 6.09. The molecule has 1 heterocycles. The van der Waals surface area contributed by atoms with Crippen LogP contribution in [0, 0.1) is 18.3 Å². The number of nitriles is 1. The van der Waals surface area contributed by atoms with Gasteiger partial charge in [0.1, 0.15) is 18.4 Å². The first-order valence-corrected chi connectivity index (χ1v) is 7.83. The fourth-order valence-corrected chi connectivity index (χ4v) is 2.57. The normalized spacial score (nSPS) is 11.3. The maximum Gasteiger partial charge on any atom is 0.312 e. The lowest BCUT2D eigenvalue weighted by Gasteiger charge is -2.17. The number of pyridine rings is 1. The maximum absolute atomic E-state index is 13.2. The molecule has 0 aliphatic heterocycles. The van der Waals surface area contributed by atoms with Crippen LogP contribution in [0.2, 0.25) is 5.02 Å². The Balaban J connectivity index is 2.27. The first-order valence-electron chi connectivity index (χ1n) is 7.45. The molecule has 0 saturated heterocycles. The molecule has 4 N–H and O–H groups in total. The van der Waals surface area contributed by atoms with Crippen LogP contribution in [0.1, 0.15) is 33.2 Å². The summed E-state index contributed by atoms with van der Waals surface area (Å²) in [7, 11) is 0. The third-order valence-electron chi connectivity index (χ3n) is 3.52. The third kappa shape index (κ3) is 4.46. The highest BCUT2D eigenvalue weighted by atomic mass is 35.5. The molecular formula is C17H15ClFN5O2. The number of alkyl halides is 1. The summed E-state index contributed by atoms with van der Waals surface area (Å²) in [5, 5.41) is 13.9. The molecule has 3 amide bonds. The zero-order valence-electron chi connectivity index (χ0n) is 13.7. The Hall–Kier alpha value is -3.18. The molecule has 9 heteroatoms. The Bertz CT molecular complexity index is 897. The lowest BCUT2D eigenvalue weighted by molar-refractivity contribution is 0.102. The van der Waals surface area contributed by atoms with E-state index in [4.69, 9.17) is 22.6 Å². The number of nitrogens with zero attached hydrogens (tertiary/aromatic N) is 2. The van der Waals surface area contributed by atoms with Gasteiger partial charge in [0.05, 0.1) is 11.6 Å². The molecule has 0 bridgehead atoms. The number of nitrogens with one attached hydrogen (secondary N) is 2. The number of aromatic nitrogens is 1. The molecule has 0 fully saturated rings. The SMILES string of the molecule is Cc1cc(C#N)cnc1C(=O)Nc1ccc(Cl)c([C@@H](CF)NC(N)=O)c1. The predicted molar refractivity (Wildman–Crippen MR) is 94.5 cm³/mol. The highest BCUT2D eigenvalue weighted by Crippen LogP contribution is 2.27.